The number of hydrogen-bond donors (Lipinski definition) is 1. The molecule has 0 aromatic heterocycles. The van der Waals surface area contributed by atoms with Gasteiger partial charge in [-0.1, -0.05) is 50.6 Å². The number of rotatable bonds is 7. The van der Waals surface area contributed by atoms with Gasteiger partial charge in [-0.05, 0) is 47.7 Å². The Morgan fingerprint density at radius 2 is 1.75 bits per heavy atom. The first-order chi connectivity index (χ1) is 13.1. The van der Waals surface area contributed by atoms with E-state index in [4.69, 9.17) is 21.1 Å². The van der Waals surface area contributed by atoms with Crippen LogP contribution in [0.3, 0.4) is 0 Å². The van der Waals surface area contributed by atoms with Gasteiger partial charge in [-0.25, -0.2) is 0 Å². The number of anilines is 1. The zero-order valence-electron chi connectivity index (χ0n) is 16.7. The van der Waals surface area contributed by atoms with Crippen LogP contribution in [0.15, 0.2) is 42.5 Å². The zero-order valence-corrected chi connectivity index (χ0v) is 17.4. The number of ether oxygens (including phenoxy) is 2. The van der Waals surface area contributed by atoms with E-state index in [-0.39, 0.29) is 25.0 Å². The van der Waals surface area contributed by atoms with Crippen molar-refractivity contribution in [3.8, 4) is 5.75 Å². The first-order valence-electron chi connectivity index (χ1n) is 9.10. The van der Waals surface area contributed by atoms with Crippen molar-refractivity contribution in [2.75, 3.05) is 18.5 Å². The van der Waals surface area contributed by atoms with Crippen LogP contribution < -0.4 is 10.1 Å². The van der Waals surface area contributed by atoms with Gasteiger partial charge in [-0.2, -0.15) is 0 Å². The van der Waals surface area contributed by atoms with E-state index in [0.717, 1.165) is 5.56 Å². The fourth-order valence-corrected chi connectivity index (χ4v) is 2.71. The molecule has 2 aromatic rings. The second-order valence-corrected chi connectivity index (χ2v) is 7.97. The smallest absolute Gasteiger partial charge is 0.309 e. The Balaban J connectivity index is 1.70. The molecular formula is C22H26ClNO4. The number of esters is 1. The number of aryl methyl sites for hydroxylation is 1. The molecule has 0 atom stereocenters. The van der Waals surface area contributed by atoms with Crippen LogP contribution in [0.2, 0.25) is 5.02 Å². The van der Waals surface area contributed by atoms with Gasteiger partial charge in [0.25, 0.3) is 5.91 Å². The SMILES string of the molecule is Cc1ccc(NC(=O)COC(=O)CCOc2ccc(C(C)(C)C)cc2)c(Cl)c1. The number of carbonyl (C=O) groups excluding carboxylic acids is 2. The first kappa shape index (κ1) is 21.8. The summed E-state index contributed by atoms with van der Waals surface area (Å²) in [5.41, 5.74) is 2.75. The third kappa shape index (κ3) is 6.89. The predicted molar refractivity (Wildman–Crippen MR) is 111 cm³/mol. The normalized spacial score (nSPS) is 11.0. The number of carbonyl (C=O) groups is 2. The molecule has 0 saturated carbocycles. The van der Waals surface area contributed by atoms with E-state index in [0.29, 0.717) is 16.5 Å². The summed E-state index contributed by atoms with van der Waals surface area (Å²) in [5.74, 6) is -0.262. The van der Waals surface area contributed by atoms with Crippen molar-refractivity contribution in [3.05, 3.63) is 58.6 Å². The van der Waals surface area contributed by atoms with E-state index in [1.165, 1.54) is 5.56 Å². The number of benzene rings is 2. The first-order valence-corrected chi connectivity index (χ1v) is 9.48. The summed E-state index contributed by atoms with van der Waals surface area (Å²) in [6.45, 7) is 8.13. The third-order valence-corrected chi connectivity index (χ3v) is 4.37. The van der Waals surface area contributed by atoms with E-state index >= 15 is 0 Å². The highest BCUT2D eigenvalue weighted by Crippen LogP contribution is 2.24. The van der Waals surface area contributed by atoms with Crippen molar-refractivity contribution < 1.29 is 19.1 Å². The van der Waals surface area contributed by atoms with E-state index < -0.39 is 11.9 Å². The summed E-state index contributed by atoms with van der Waals surface area (Å²) < 4.78 is 10.5. The topological polar surface area (TPSA) is 64.6 Å². The maximum Gasteiger partial charge on any atom is 0.309 e. The maximum absolute atomic E-state index is 11.9. The molecule has 0 aliphatic rings. The number of hydrogen-bond acceptors (Lipinski definition) is 4. The Kier molecular flexibility index (Phi) is 7.46. The van der Waals surface area contributed by atoms with Gasteiger partial charge in [0.15, 0.2) is 6.61 Å². The molecular weight excluding hydrogens is 378 g/mol. The van der Waals surface area contributed by atoms with Crippen molar-refractivity contribution in [3.63, 3.8) is 0 Å². The molecule has 0 aliphatic carbocycles. The summed E-state index contributed by atoms with van der Waals surface area (Å²) in [6.07, 6.45) is 0.0551. The van der Waals surface area contributed by atoms with Crippen molar-refractivity contribution in [2.24, 2.45) is 0 Å². The molecule has 6 heteroatoms. The molecule has 0 saturated heterocycles. The van der Waals surface area contributed by atoms with Gasteiger partial charge in [-0.15, -0.1) is 0 Å². The Morgan fingerprint density at radius 1 is 1.07 bits per heavy atom. The Labute approximate surface area is 171 Å². The lowest BCUT2D eigenvalue weighted by Crippen LogP contribution is -2.21. The van der Waals surface area contributed by atoms with Gasteiger partial charge in [0.2, 0.25) is 0 Å². The second-order valence-electron chi connectivity index (χ2n) is 7.56. The summed E-state index contributed by atoms with van der Waals surface area (Å²) in [5, 5.41) is 3.05. The van der Waals surface area contributed by atoms with Crippen molar-refractivity contribution in [1.82, 2.24) is 0 Å². The Bertz CT molecular complexity index is 825. The second kappa shape index (κ2) is 9.60. The molecule has 0 radical (unpaired) electrons. The van der Waals surface area contributed by atoms with Gasteiger partial charge >= 0.3 is 5.97 Å². The van der Waals surface area contributed by atoms with Crippen LogP contribution in [0.1, 0.15) is 38.3 Å². The van der Waals surface area contributed by atoms with Crippen LogP contribution in [-0.2, 0) is 19.7 Å². The molecule has 2 rings (SSSR count). The van der Waals surface area contributed by atoms with Gasteiger partial charge in [0.1, 0.15) is 5.75 Å². The minimum Gasteiger partial charge on any atom is -0.493 e. The lowest BCUT2D eigenvalue weighted by Gasteiger charge is -2.19. The van der Waals surface area contributed by atoms with E-state index in [9.17, 15) is 9.59 Å². The molecule has 1 amide bonds. The van der Waals surface area contributed by atoms with Crippen molar-refractivity contribution >= 4 is 29.2 Å². The standard InChI is InChI=1S/C22H26ClNO4/c1-15-5-10-19(18(23)13-15)24-20(25)14-28-21(26)11-12-27-17-8-6-16(7-9-17)22(2,3)4/h5-10,13H,11-12,14H2,1-4H3,(H,24,25). The molecule has 1 N–H and O–H groups in total. The molecule has 2 aromatic carbocycles. The number of halogens is 1. The molecule has 0 bridgehead atoms. The molecule has 0 heterocycles. The maximum atomic E-state index is 11.9. The summed E-state index contributed by atoms with van der Waals surface area (Å²) >= 11 is 6.06. The highest BCUT2D eigenvalue weighted by Gasteiger charge is 2.13. The zero-order chi connectivity index (χ0) is 20.7. The van der Waals surface area contributed by atoms with Crippen LogP contribution in [0.5, 0.6) is 5.75 Å². The lowest BCUT2D eigenvalue weighted by atomic mass is 9.87. The van der Waals surface area contributed by atoms with Crippen LogP contribution in [0, 0.1) is 6.92 Å². The third-order valence-electron chi connectivity index (χ3n) is 4.06. The molecule has 0 unspecified atom stereocenters. The van der Waals surface area contributed by atoms with Crippen molar-refractivity contribution in [2.45, 2.75) is 39.5 Å². The lowest BCUT2D eigenvalue weighted by molar-refractivity contribution is -0.147. The molecule has 5 nitrogen and oxygen atoms in total. The largest absolute Gasteiger partial charge is 0.493 e. The van der Waals surface area contributed by atoms with Crippen LogP contribution >= 0.6 is 11.6 Å². The van der Waals surface area contributed by atoms with Gasteiger partial charge in [0, 0.05) is 0 Å². The van der Waals surface area contributed by atoms with Crippen molar-refractivity contribution in [1.29, 1.82) is 0 Å². The van der Waals surface area contributed by atoms with E-state index in [1.54, 1.807) is 12.1 Å². The minimum absolute atomic E-state index is 0.0551. The minimum atomic E-state index is -0.503. The van der Waals surface area contributed by atoms with Crippen LogP contribution in [0.25, 0.3) is 0 Å². The quantitative estimate of drug-likeness (QED) is 0.668. The summed E-state index contributed by atoms with van der Waals surface area (Å²) in [4.78, 5) is 23.7. The highest BCUT2D eigenvalue weighted by atomic mass is 35.5. The average molecular weight is 404 g/mol. The van der Waals surface area contributed by atoms with E-state index in [1.807, 2.05) is 37.3 Å². The molecule has 150 valence electrons. The average Bonchev–Trinajstić information content (AvgIpc) is 2.62. The van der Waals surface area contributed by atoms with E-state index in [2.05, 4.69) is 26.1 Å². The Hall–Kier alpha value is -2.53. The highest BCUT2D eigenvalue weighted by molar-refractivity contribution is 6.33. The van der Waals surface area contributed by atoms with Gasteiger partial charge < -0.3 is 14.8 Å². The molecule has 0 spiro atoms. The van der Waals surface area contributed by atoms with Crippen LogP contribution in [0.4, 0.5) is 5.69 Å². The van der Waals surface area contributed by atoms with Crippen LogP contribution in [-0.4, -0.2) is 25.1 Å². The summed E-state index contributed by atoms with van der Waals surface area (Å²) in [6, 6.07) is 13.1. The monoisotopic (exact) mass is 403 g/mol. The molecule has 0 fully saturated rings. The predicted octanol–water partition coefficient (Wildman–Crippen LogP) is 4.90. The number of nitrogens with one attached hydrogen (secondary N) is 1. The molecule has 0 aliphatic heterocycles. The van der Waals surface area contributed by atoms with Gasteiger partial charge in [0.05, 0.1) is 23.7 Å². The Morgan fingerprint density at radius 3 is 2.36 bits per heavy atom. The fraction of sp³-hybridized carbons (Fsp3) is 0.364. The summed E-state index contributed by atoms with van der Waals surface area (Å²) in [7, 11) is 0. The molecule has 28 heavy (non-hydrogen) atoms. The number of amides is 1. The fourth-order valence-electron chi connectivity index (χ4n) is 2.43. The van der Waals surface area contributed by atoms with Gasteiger partial charge in [-0.3, -0.25) is 9.59 Å².